The van der Waals surface area contributed by atoms with Crippen LogP contribution in [0.15, 0.2) is 29.1 Å². The Hall–Kier alpha value is -2.88. The van der Waals surface area contributed by atoms with Crippen molar-refractivity contribution < 1.29 is 14.4 Å². The zero-order valence-electron chi connectivity index (χ0n) is 17.8. The molecule has 2 heterocycles. The lowest BCUT2D eigenvalue weighted by molar-refractivity contribution is -0.146. The Balaban J connectivity index is 2.01. The molecule has 0 spiro atoms. The van der Waals surface area contributed by atoms with E-state index < -0.39 is 17.6 Å². The van der Waals surface area contributed by atoms with Crippen LogP contribution in [-0.4, -0.2) is 40.4 Å². The molecule has 1 atom stereocenters. The first-order valence-electron chi connectivity index (χ1n) is 9.79. The van der Waals surface area contributed by atoms with Crippen molar-refractivity contribution in [1.82, 2.24) is 14.7 Å². The molecular formula is C21H23Cl2N5O4. The maximum atomic E-state index is 13.1. The van der Waals surface area contributed by atoms with Crippen molar-refractivity contribution in [1.29, 1.82) is 0 Å². The van der Waals surface area contributed by atoms with Crippen LogP contribution in [-0.2, 0) is 16.0 Å². The lowest BCUT2D eigenvalue weighted by atomic mass is 10.1. The highest BCUT2D eigenvalue weighted by molar-refractivity contribution is 6.39. The number of nitrogen functional groups attached to an aromatic ring is 1. The van der Waals surface area contributed by atoms with Gasteiger partial charge in [-0.05, 0) is 24.1 Å². The molecule has 0 radical (unpaired) electrons. The molecule has 0 saturated carbocycles. The molecule has 3 rings (SSSR count). The summed E-state index contributed by atoms with van der Waals surface area (Å²) in [5.41, 5.74) is 12.1. The molecule has 0 amide bonds. The van der Waals surface area contributed by atoms with E-state index in [0.717, 1.165) is 4.73 Å². The van der Waals surface area contributed by atoms with Gasteiger partial charge in [0.05, 0.1) is 27.6 Å². The van der Waals surface area contributed by atoms with Crippen molar-refractivity contribution in [3.8, 4) is 11.1 Å². The third-order valence-corrected chi connectivity index (χ3v) is 5.50. The molecule has 1 aromatic carbocycles. The molecule has 0 bridgehead atoms. The molecular weight excluding hydrogens is 457 g/mol. The van der Waals surface area contributed by atoms with Gasteiger partial charge in [-0.25, -0.2) is 9.97 Å². The number of halogens is 2. The molecule has 11 heteroatoms. The van der Waals surface area contributed by atoms with Crippen LogP contribution in [0.5, 0.6) is 0 Å². The van der Waals surface area contributed by atoms with E-state index in [1.165, 1.54) is 13.2 Å². The van der Waals surface area contributed by atoms with E-state index in [0.29, 0.717) is 21.0 Å². The number of nitrogens with zero attached hydrogens (tertiary/aromatic N) is 3. The maximum Gasteiger partial charge on any atom is 0.323 e. The number of pyridine rings is 1. The van der Waals surface area contributed by atoms with E-state index in [1.807, 2.05) is 13.8 Å². The zero-order valence-corrected chi connectivity index (χ0v) is 19.3. The van der Waals surface area contributed by atoms with Gasteiger partial charge in [0.2, 0.25) is 0 Å². The lowest BCUT2D eigenvalue weighted by Gasteiger charge is -2.15. The van der Waals surface area contributed by atoms with Crippen LogP contribution in [0.3, 0.4) is 0 Å². The number of ether oxygens (including phenoxy) is 1. The smallest absolute Gasteiger partial charge is 0.323 e. The number of anilines is 1. The van der Waals surface area contributed by atoms with Gasteiger partial charge >= 0.3 is 5.97 Å². The van der Waals surface area contributed by atoms with Gasteiger partial charge in [0.1, 0.15) is 24.8 Å². The Bertz CT molecular complexity index is 1210. The van der Waals surface area contributed by atoms with Crippen molar-refractivity contribution in [2.75, 3.05) is 19.5 Å². The summed E-state index contributed by atoms with van der Waals surface area (Å²) >= 11 is 12.6. The molecule has 0 aliphatic carbocycles. The predicted octanol–water partition coefficient (Wildman–Crippen LogP) is 2.47. The van der Waals surface area contributed by atoms with Gasteiger partial charge in [0, 0.05) is 12.0 Å². The summed E-state index contributed by atoms with van der Waals surface area (Å²) in [6, 6.07) is 5.74. The number of carbonyl (C=O) groups is 1. The molecule has 32 heavy (non-hydrogen) atoms. The summed E-state index contributed by atoms with van der Waals surface area (Å²) in [6.45, 7) is 3.66. The molecule has 170 valence electrons. The van der Waals surface area contributed by atoms with Crippen molar-refractivity contribution in [2.45, 2.75) is 26.3 Å². The van der Waals surface area contributed by atoms with Crippen molar-refractivity contribution in [3.05, 3.63) is 50.5 Å². The molecule has 0 saturated heterocycles. The molecule has 9 nitrogen and oxygen atoms in total. The SMILES string of the molecule is COn1c(=O)c(-c2c(Cl)cccc2Cl)cc2c(N)nc(CCOC(=O)[C@@H](N)C(C)C)nc21. The van der Waals surface area contributed by atoms with Crippen LogP contribution < -0.4 is 21.9 Å². The van der Waals surface area contributed by atoms with Crippen LogP contribution in [0.4, 0.5) is 5.82 Å². The molecule has 4 N–H and O–H groups in total. The first-order chi connectivity index (χ1) is 15.1. The highest BCUT2D eigenvalue weighted by atomic mass is 35.5. The average Bonchev–Trinajstić information content (AvgIpc) is 2.73. The van der Waals surface area contributed by atoms with E-state index in [9.17, 15) is 9.59 Å². The molecule has 3 aromatic rings. The van der Waals surface area contributed by atoms with Crippen LogP contribution in [0.25, 0.3) is 22.2 Å². The molecule has 0 aliphatic rings. The van der Waals surface area contributed by atoms with Crippen molar-refractivity contribution >= 4 is 46.0 Å². The summed E-state index contributed by atoms with van der Waals surface area (Å²) in [6.07, 6.45) is 0.173. The second-order valence-electron chi connectivity index (χ2n) is 7.39. The lowest BCUT2D eigenvalue weighted by Crippen LogP contribution is -2.37. The minimum absolute atomic E-state index is 0.00866. The normalized spacial score (nSPS) is 12.2. The van der Waals surface area contributed by atoms with Crippen molar-refractivity contribution in [2.24, 2.45) is 11.7 Å². The molecule has 0 unspecified atom stereocenters. The fraction of sp³-hybridized carbons (Fsp3) is 0.333. The number of benzene rings is 1. The number of esters is 1. The summed E-state index contributed by atoms with van der Waals surface area (Å²) in [5.74, 6) is -0.170. The number of carbonyl (C=O) groups excluding carboxylic acids is 1. The Morgan fingerprint density at radius 3 is 2.47 bits per heavy atom. The van der Waals surface area contributed by atoms with Gasteiger partial charge in [-0.1, -0.05) is 43.1 Å². The Kier molecular flexibility index (Phi) is 7.22. The van der Waals surface area contributed by atoms with Crippen LogP contribution in [0, 0.1) is 5.92 Å². The van der Waals surface area contributed by atoms with Crippen LogP contribution in [0.1, 0.15) is 19.7 Å². The highest BCUT2D eigenvalue weighted by Crippen LogP contribution is 2.34. The number of aromatic nitrogens is 3. The largest absolute Gasteiger partial charge is 0.464 e. The fourth-order valence-electron chi connectivity index (χ4n) is 3.05. The van der Waals surface area contributed by atoms with E-state index in [2.05, 4.69) is 9.97 Å². The van der Waals surface area contributed by atoms with Gasteiger partial charge in [0.15, 0.2) is 5.65 Å². The summed E-state index contributed by atoms with van der Waals surface area (Å²) in [7, 11) is 1.33. The average molecular weight is 480 g/mol. The third kappa shape index (κ3) is 4.64. The summed E-state index contributed by atoms with van der Waals surface area (Å²) < 4.78 is 6.18. The second kappa shape index (κ2) is 9.72. The minimum Gasteiger partial charge on any atom is -0.464 e. The maximum absolute atomic E-state index is 13.1. The molecule has 0 aliphatic heterocycles. The first kappa shape index (κ1) is 23.8. The first-order valence-corrected chi connectivity index (χ1v) is 10.5. The highest BCUT2D eigenvalue weighted by Gasteiger charge is 2.21. The number of rotatable bonds is 7. The summed E-state index contributed by atoms with van der Waals surface area (Å²) in [5, 5.41) is 0.975. The predicted molar refractivity (Wildman–Crippen MR) is 124 cm³/mol. The molecule has 0 fully saturated rings. The van der Waals surface area contributed by atoms with Crippen molar-refractivity contribution in [3.63, 3.8) is 0 Å². The minimum atomic E-state index is -0.716. The second-order valence-corrected chi connectivity index (χ2v) is 8.20. The van der Waals surface area contributed by atoms with Gasteiger partial charge in [-0.2, -0.15) is 0 Å². The van der Waals surface area contributed by atoms with Gasteiger partial charge in [-0.3, -0.25) is 9.59 Å². The van der Waals surface area contributed by atoms with E-state index >= 15 is 0 Å². The standard InChI is InChI=1S/C21H23Cl2N5O4/c1-10(2)17(24)21(30)32-8-7-15-26-18(25)12-9-11(16-13(22)5-4-6-14(16)23)20(29)28(31-3)19(12)27-15/h4-6,9-10,17H,7-8,24H2,1-3H3,(H2,25,26,27)/t17-/m0/s1. The van der Waals surface area contributed by atoms with Crippen LogP contribution in [0.2, 0.25) is 10.0 Å². The van der Waals surface area contributed by atoms with E-state index in [1.54, 1.807) is 18.2 Å². The van der Waals surface area contributed by atoms with E-state index in [-0.39, 0.29) is 41.8 Å². The topological polar surface area (TPSA) is 135 Å². The Labute approximate surface area is 194 Å². The fourth-order valence-corrected chi connectivity index (χ4v) is 3.65. The number of hydrogen-bond acceptors (Lipinski definition) is 8. The van der Waals surface area contributed by atoms with Gasteiger partial charge < -0.3 is 21.0 Å². The molecule has 2 aromatic heterocycles. The number of fused-ring (bicyclic) bond motifs is 1. The Morgan fingerprint density at radius 1 is 1.22 bits per heavy atom. The van der Waals surface area contributed by atoms with Gasteiger partial charge in [-0.15, -0.1) is 4.73 Å². The number of nitrogens with two attached hydrogens (primary N) is 2. The zero-order chi connectivity index (χ0) is 23.6. The van der Waals surface area contributed by atoms with Crippen LogP contribution >= 0.6 is 23.2 Å². The summed E-state index contributed by atoms with van der Waals surface area (Å²) in [4.78, 5) is 39.0. The number of hydrogen-bond donors (Lipinski definition) is 2. The third-order valence-electron chi connectivity index (χ3n) is 4.87. The van der Waals surface area contributed by atoms with Gasteiger partial charge in [0.25, 0.3) is 5.56 Å². The van der Waals surface area contributed by atoms with E-state index in [4.69, 9.17) is 44.2 Å². The monoisotopic (exact) mass is 479 g/mol. The quantitative estimate of drug-likeness (QED) is 0.493. The Morgan fingerprint density at radius 2 is 1.88 bits per heavy atom.